The van der Waals surface area contributed by atoms with Crippen molar-refractivity contribution in [2.75, 3.05) is 19.6 Å². The van der Waals surface area contributed by atoms with Crippen LogP contribution in [0.3, 0.4) is 0 Å². The molecular weight excluding hydrogens is 444 g/mol. The molecule has 0 bridgehead atoms. The van der Waals surface area contributed by atoms with E-state index in [1.165, 1.54) is 0 Å². The van der Waals surface area contributed by atoms with E-state index in [9.17, 15) is 9.59 Å². The number of piperidine rings is 1. The van der Waals surface area contributed by atoms with Gasteiger partial charge in [0.05, 0.1) is 17.9 Å². The Kier molecular flexibility index (Phi) is 6.22. The van der Waals surface area contributed by atoms with Gasteiger partial charge in [-0.1, -0.05) is 35.5 Å². The molecule has 0 spiro atoms. The van der Waals surface area contributed by atoms with Crippen LogP contribution in [-0.2, 0) is 4.79 Å². The molecule has 1 saturated heterocycles. The Morgan fingerprint density at radius 3 is 2.46 bits per heavy atom. The third-order valence-electron chi connectivity index (χ3n) is 6.48. The molecule has 1 aliphatic rings. The summed E-state index contributed by atoms with van der Waals surface area (Å²) < 4.78 is 5.60. The van der Waals surface area contributed by atoms with Crippen LogP contribution < -0.4 is 5.32 Å². The highest BCUT2D eigenvalue weighted by atomic mass is 16.5. The summed E-state index contributed by atoms with van der Waals surface area (Å²) in [6.07, 6.45) is 1.46. The van der Waals surface area contributed by atoms with Crippen LogP contribution in [0.1, 0.15) is 46.4 Å². The van der Waals surface area contributed by atoms with E-state index in [2.05, 4.69) is 25.7 Å². The maximum absolute atomic E-state index is 12.6. The van der Waals surface area contributed by atoms with Gasteiger partial charge in [0, 0.05) is 40.9 Å². The van der Waals surface area contributed by atoms with Crippen LogP contribution in [0, 0.1) is 13.8 Å². The highest BCUT2D eigenvalue weighted by Gasteiger charge is 2.28. The van der Waals surface area contributed by atoms with Crippen molar-refractivity contribution >= 4 is 22.6 Å². The number of fused-ring (bicyclic) bond motifs is 1. The summed E-state index contributed by atoms with van der Waals surface area (Å²) in [7, 11) is 0. The van der Waals surface area contributed by atoms with Gasteiger partial charge in [-0.2, -0.15) is 15.2 Å². The van der Waals surface area contributed by atoms with E-state index in [0.717, 1.165) is 40.6 Å². The summed E-state index contributed by atoms with van der Waals surface area (Å²) in [4.78, 5) is 31.2. The quantitative estimate of drug-likeness (QED) is 0.475. The summed E-state index contributed by atoms with van der Waals surface area (Å²) in [5, 5.41) is 17.4. The number of benzene rings is 2. The second-order valence-electron chi connectivity index (χ2n) is 8.79. The molecule has 2 amide bonds. The molecule has 4 aromatic rings. The summed E-state index contributed by atoms with van der Waals surface area (Å²) >= 11 is 0. The van der Waals surface area contributed by atoms with Crippen LogP contribution in [0.25, 0.3) is 22.2 Å². The molecule has 9 heteroatoms. The molecule has 5 rings (SSSR count). The van der Waals surface area contributed by atoms with Crippen LogP contribution in [0.4, 0.5) is 0 Å². The molecule has 0 atom stereocenters. The van der Waals surface area contributed by atoms with E-state index >= 15 is 0 Å². The van der Waals surface area contributed by atoms with E-state index in [4.69, 9.17) is 4.52 Å². The van der Waals surface area contributed by atoms with Crippen LogP contribution in [-0.4, -0.2) is 56.7 Å². The molecule has 3 heterocycles. The fraction of sp³-hybridized carbons (Fsp3) is 0.308. The summed E-state index contributed by atoms with van der Waals surface area (Å²) in [5.41, 5.74) is 3.14. The zero-order chi connectivity index (χ0) is 24.4. The number of likely N-dealkylation sites (tertiary alicyclic amines) is 1. The number of carbonyl (C=O) groups excluding carboxylic acids is 2. The fourth-order valence-electron chi connectivity index (χ4n) is 4.41. The predicted molar refractivity (Wildman–Crippen MR) is 130 cm³/mol. The lowest BCUT2D eigenvalue weighted by molar-refractivity contribution is -0.131. The molecule has 178 valence electrons. The molecule has 0 aliphatic carbocycles. The van der Waals surface area contributed by atoms with Gasteiger partial charge < -0.3 is 14.7 Å². The molecule has 0 radical (unpaired) electrons. The minimum atomic E-state index is -0.252. The van der Waals surface area contributed by atoms with Crippen LogP contribution in [0.15, 0.2) is 53.1 Å². The van der Waals surface area contributed by atoms with Crippen molar-refractivity contribution in [1.82, 2.24) is 30.6 Å². The normalized spacial score (nSPS) is 14.3. The third kappa shape index (κ3) is 4.75. The monoisotopic (exact) mass is 470 g/mol. The average Bonchev–Trinajstić information content (AvgIpc) is 3.40. The first-order valence-corrected chi connectivity index (χ1v) is 11.7. The number of carbonyl (C=O) groups is 2. The van der Waals surface area contributed by atoms with Gasteiger partial charge in [0.2, 0.25) is 17.6 Å². The zero-order valence-electron chi connectivity index (χ0n) is 19.7. The van der Waals surface area contributed by atoms with Gasteiger partial charge in [0.25, 0.3) is 5.91 Å². The molecule has 2 aromatic heterocycles. The lowest BCUT2D eigenvalue weighted by atomic mass is 9.96. The first-order chi connectivity index (χ1) is 17.0. The Bertz CT molecular complexity index is 1380. The van der Waals surface area contributed by atoms with Crippen molar-refractivity contribution in [3.05, 3.63) is 71.4 Å². The topological polar surface area (TPSA) is 114 Å². The highest BCUT2D eigenvalue weighted by molar-refractivity contribution is 5.96. The molecule has 1 N–H and O–H groups in total. The molecule has 1 fully saturated rings. The van der Waals surface area contributed by atoms with E-state index in [0.29, 0.717) is 30.4 Å². The van der Waals surface area contributed by atoms with E-state index in [1.807, 2.05) is 38.1 Å². The summed E-state index contributed by atoms with van der Waals surface area (Å²) in [5.74, 6) is 0.875. The fourth-order valence-corrected chi connectivity index (χ4v) is 4.41. The third-order valence-corrected chi connectivity index (χ3v) is 6.48. The standard InChI is InChI=1S/C26H26N6O3/c1-16-21-9-8-20(14-22(21)17(2)30-29-16)24-28-26(35-31-24)19-10-12-32(13-11-19)23(33)15-27-25(34)18-6-4-3-5-7-18/h3-9,14,19H,10-13,15H2,1-2H3,(H,27,34). The number of nitrogens with zero attached hydrogens (tertiary/aromatic N) is 5. The van der Waals surface area contributed by atoms with Crippen LogP contribution >= 0.6 is 0 Å². The van der Waals surface area contributed by atoms with Crippen molar-refractivity contribution in [3.8, 4) is 11.4 Å². The number of aromatic nitrogens is 4. The Labute approximate surface area is 202 Å². The number of rotatable bonds is 5. The first-order valence-electron chi connectivity index (χ1n) is 11.7. The van der Waals surface area contributed by atoms with Crippen molar-refractivity contribution in [2.24, 2.45) is 0 Å². The second-order valence-corrected chi connectivity index (χ2v) is 8.79. The highest BCUT2D eigenvalue weighted by Crippen LogP contribution is 2.30. The Balaban J connectivity index is 1.19. The van der Waals surface area contributed by atoms with Crippen molar-refractivity contribution in [2.45, 2.75) is 32.6 Å². The molecule has 1 aliphatic heterocycles. The van der Waals surface area contributed by atoms with Crippen LogP contribution in [0.5, 0.6) is 0 Å². The van der Waals surface area contributed by atoms with Gasteiger partial charge >= 0.3 is 0 Å². The van der Waals surface area contributed by atoms with Gasteiger partial charge in [0.15, 0.2) is 0 Å². The number of nitrogens with one attached hydrogen (secondary N) is 1. The average molecular weight is 471 g/mol. The van der Waals surface area contributed by atoms with Gasteiger partial charge in [-0.05, 0) is 44.9 Å². The SMILES string of the molecule is Cc1nnc(C)c2cc(-c3noc(C4CCN(C(=O)CNC(=O)c5ccccc5)CC4)n3)ccc12. The van der Waals surface area contributed by atoms with E-state index in [-0.39, 0.29) is 24.3 Å². The zero-order valence-corrected chi connectivity index (χ0v) is 19.7. The molecule has 0 unspecified atom stereocenters. The maximum atomic E-state index is 12.6. The van der Waals surface area contributed by atoms with Crippen molar-refractivity contribution in [3.63, 3.8) is 0 Å². The lowest BCUT2D eigenvalue weighted by Gasteiger charge is -2.30. The molecule has 9 nitrogen and oxygen atoms in total. The number of amides is 2. The smallest absolute Gasteiger partial charge is 0.251 e. The van der Waals surface area contributed by atoms with Gasteiger partial charge in [-0.15, -0.1) is 0 Å². The molecule has 0 saturated carbocycles. The van der Waals surface area contributed by atoms with Gasteiger partial charge in [-0.3, -0.25) is 9.59 Å². The minimum absolute atomic E-state index is 0.0195. The second kappa shape index (κ2) is 9.61. The van der Waals surface area contributed by atoms with E-state index in [1.54, 1.807) is 29.2 Å². The Morgan fingerprint density at radius 2 is 1.71 bits per heavy atom. The largest absolute Gasteiger partial charge is 0.343 e. The Hall–Kier alpha value is -4.14. The number of hydrogen-bond acceptors (Lipinski definition) is 7. The van der Waals surface area contributed by atoms with Crippen LogP contribution in [0.2, 0.25) is 0 Å². The number of hydrogen-bond donors (Lipinski definition) is 1. The number of aryl methyl sites for hydroxylation is 2. The van der Waals surface area contributed by atoms with Crippen molar-refractivity contribution in [1.29, 1.82) is 0 Å². The molecule has 35 heavy (non-hydrogen) atoms. The summed E-state index contributed by atoms with van der Waals surface area (Å²) in [6, 6.07) is 14.9. The minimum Gasteiger partial charge on any atom is -0.343 e. The Morgan fingerprint density at radius 1 is 1.00 bits per heavy atom. The molecule has 2 aromatic carbocycles. The maximum Gasteiger partial charge on any atom is 0.251 e. The first kappa shape index (κ1) is 22.6. The molecular formula is C26H26N6O3. The summed E-state index contributed by atoms with van der Waals surface area (Å²) in [6.45, 7) is 5.01. The van der Waals surface area contributed by atoms with E-state index < -0.39 is 0 Å². The van der Waals surface area contributed by atoms with Crippen molar-refractivity contribution < 1.29 is 14.1 Å². The van der Waals surface area contributed by atoms with Gasteiger partial charge in [0.1, 0.15) is 0 Å². The predicted octanol–water partition coefficient (Wildman–Crippen LogP) is 3.43. The lowest BCUT2D eigenvalue weighted by Crippen LogP contribution is -2.43. The van der Waals surface area contributed by atoms with Gasteiger partial charge in [-0.25, -0.2) is 0 Å².